The van der Waals surface area contributed by atoms with Crippen molar-refractivity contribution in [2.24, 2.45) is 5.92 Å². The third-order valence-electron chi connectivity index (χ3n) is 3.86. The van der Waals surface area contributed by atoms with Crippen molar-refractivity contribution in [2.45, 2.75) is 19.4 Å². The molecule has 0 amide bonds. The van der Waals surface area contributed by atoms with E-state index in [0.717, 1.165) is 23.3 Å². The van der Waals surface area contributed by atoms with Gasteiger partial charge in [0.15, 0.2) is 0 Å². The number of aliphatic hydroxyl groups is 1. The van der Waals surface area contributed by atoms with Gasteiger partial charge in [0.2, 0.25) is 0 Å². The maximum atomic E-state index is 10.6. The Balaban J connectivity index is 1.83. The van der Waals surface area contributed by atoms with E-state index in [1.807, 2.05) is 49.4 Å². The number of para-hydroxylation sites is 1. The molecule has 0 saturated heterocycles. The van der Waals surface area contributed by atoms with Crippen LogP contribution in [0.15, 0.2) is 48.5 Å². The van der Waals surface area contributed by atoms with Crippen molar-refractivity contribution in [1.29, 1.82) is 0 Å². The topological polar surface area (TPSA) is 29.5 Å². The Hall–Kier alpha value is -1.80. The third-order valence-corrected chi connectivity index (χ3v) is 3.86. The van der Waals surface area contributed by atoms with Crippen LogP contribution in [0.5, 0.6) is 5.75 Å². The normalized spacial score (nSPS) is 19.4. The summed E-state index contributed by atoms with van der Waals surface area (Å²) in [5.41, 5.74) is 3.33. The molecule has 1 aliphatic rings. The van der Waals surface area contributed by atoms with E-state index >= 15 is 0 Å². The van der Waals surface area contributed by atoms with Crippen molar-refractivity contribution in [3.63, 3.8) is 0 Å². The zero-order valence-electron chi connectivity index (χ0n) is 11.0. The number of hydrogen-bond acceptors (Lipinski definition) is 2. The second-order valence-corrected chi connectivity index (χ2v) is 5.18. The third kappa shape index (κ3) is 2.36. The maximum absolute atomic E-state index is 10.6. The van der Waals surface area contributed by atoms with Crippen molar-refractivity contribution in [2.75, 3.05) is 6.61 Å². The molecule has 2 nitrogen and oxygen atoms in total. The van der Waals surface area contributed by atoms with Crippen LogP contribution in [-0.4, -0.2) is 11.7 Å². The van der Waals surface area contributed by atoms with Gasteiger partial charge in [-0.15, -0.1) is 0 Å². The molecule has 0 aliphatic carbocycles. The summed E-state index contributed by atoms with van der Waals surface area (Å²) >= 11 is 0. The summed E-state index contributed by atoms with van der Waals surface area (Å²) in [6.07, 6.45) is 0.403. The van der Waals surface area contributed by atoms with Gasteiger partial charge in [0, 0.05) is 5.92 Å². The van der Waals surface area contributed by atoms with Crippen molar-refractivity contribution >= 4 is 0 Å². The minimum atomic E-state index is -0.463. The minimum Gasteiger partial charge on any atom is -0.493 e. The lowest BCUT2D eigenvalue weighted by Crippen LogP contribution is -2.27. The predicted octanol–water partition coefficient (Wildman–Crippen LogP) is 3.28. The Morgan fingerprint density at radius 1 is 1.11 bits per heavy atom. The molecular formula is C17H18O2. The zero-order valence-corrected chi connectivity index (χ0v) is 11.0. The quantitative estimate of drug-likeness (QED) is 0.891. The van der Waals surface area contributed by atoms with Crippen LogP contribution >= 0.6 is 0 Å². The van der Waals surface area contributed by atoms with Crippen LogP contribution in [0.2, 0.25) is 0 Å². The fraction of sp³-hybridized carbons (Fsp3) is 0.294. The molecular weight excluding hydrogens is 236 g/mol. The molecule has 1 aliphatic heterocycles. The summed E-state index contributed by atoms with van der Waals surface area (Å²) in [6.45, 7) is 2.61. The SMILES string of the molecule is Cc1ccccc1C(O)C1COc2ccccc2C1. The van der Waals surface area contributed by atoms with Gasteiger partial charge in [-0.3, -0.25) is 0 Å². The molecule has 0 fully saturated rings. The average Bonchev–Trinajstić information content (AvgIpc) is 2.46. The van der Waals surface area contributed by atoms with Gasteiger partial charge >= 0.3 is 0 Å². The molecule has 0 spiro atoms. The van der Waals surface area contributed by atoms with E-state index in [4.69, 9.17) is 4.74 Å². The number of ether oxygens (including phenoxy) is 1. The lowest BCUT2D eigenvalue weighted by atomic mass is 9.87. The van der Waals surface area contributed by atoms with Crippen molar-refractivity contribution in [3.05, 3.63) is 65.2 Å². The predicted molar refractivity (Wildman–Crippen MR) is 75.3 cm³/mol. The van der Waals surface area contributed by atoms with Gasteiger partial charge in [-0.2, -0.15) is 0 Å². The number of benzene rings is 2. The van der Waals surface area contributed by atoms with Gasteiger partial charge in [0.25, 0.3) is 0 Å². The fourth-order valence-corrected chi connectivity index (χ4v) is 2.73. The Morgan fingerprint density at radius 3 is 2.68 bits per heavy atom. The molecule has 0 radical (unpaired) electrons. The van der Waals surface area contributed by atoms with Crippen LogP contribution in [0.4, 0.5) is 0 Å². The molecule has 0 saturated carbocycles. The number of rotatable bonds is 2. The standard InChI is InChI=1S/C17H18O2/c1-12-6-2-4-8-15(12)17(18)14-10-13-7-3-5-9-16(13)19-11-14/h2-9,14,17-18H,10-11H2,1H3. The van der Waals surface area contributed by atoms with Crippen molar-refractivity contribution in [1.82, 2.24) is 0 Å². The number of aliphatic hydroxyl groups excluding tert-OH is 1. The summed E-state index contributed by atoms with van der Waals surface area (Å²) in [5, 5.41) is 10.6. The highest BCUT2D eigenvalue weighted by atomic mass is 16.5. The average molecular weight is 254 g/mol. The highest BCUT2D eigenvalue weighted by Gasteiger charge is 2.27. The molecule has 1 heterocycles. The van der Waals surface area contributed by atoms with Crippen molar-refractivity contribution < 1.29 is 9.84 Å². The smallest absolute Gasteiger partial charge is 0.122 e. The molecule has 2 atom stereocenters. The first-order chi connectivity index (χ1) is 9.25. The highest BCUT2D eigenvalue weighted by Crippen LogP contribution is 2.34. The molecule has 1 N–H and O–H groups in total. The highest BCUT2D eigenvalue weighted by molar-refractivity contribution is 5.36. The Labute approximate surface area is 113 Å². The van der Waals surface area contributed by atoms with Gasteiger partial charge in [-0.25, -0.2) is 0 Å². The summed E-state index contributed by atoms with van der Waals surface area (Å²) in [7, 11) is 0. The van der Waals surface area contributed by atoms with Crippen LogP contribution in [0.3, 0.4) is 0 Å². The maximum Gasteiger partial charge on any atom is 0.122 e. The monoisotopic (exact) mass is 254 g/mol. The van der Waals surface area contributed by atoms with Crippen molar-refractivity contribution in [3.8, 4) is 5.75 Å². The molecule has 2 aromatic rings. The molecule has 0 bridgehead atoms. The van der Waals surface area contributed by atoms with Crippen LogP contribution in [0, 0.1) is 12.8 Å². The molecule has 2 aromatic carbocycles. The van der Waals surface area contributed by atoms with E-state index in [1.165, 1.54) is 5.56 Å². The first-order valence-electron chi connectivity index (χ1n) is 6.70. The molecule has 2 heteroatoms. The second kappa shape index (κ2) is 5.06. The molecule has 2 unspecified atom stereocenters. The van der Waals surface area contributed by atoms with Gasteiger partial charge in [0.05, 0.1) is 12.7 Å². The van der Waals surface area contributed by atoms with Crippen LogP contribution in [0.25, 0.3) is 0 Å². The molecule has 3 rings (SSSR count). The summed E-state index contributed by atoms with van der Waals surface area (Å²) < 4.78 is 5.76. The fourth-order valence-electron chi connectivity index (χ4n) is 2.73. The Bertz CT molecular complexity index is 577. The Morgan fingerprint density at radius 2 is 1.84 bits per heavy atom. The van der Waals surface area contributed by atoms with E-state index in [1.54, 1.807) is 0 Å². The first-order valence-corrected chi connectivity index (χ1v) is 6.70. The van der Waals surface area contributed by atoms with E-state index in [2.05, 4.69) is 6.07 Å². The summed E-state index contributed by atoms with van der Waals surface area (Å²) in [6, 6.07) is 16.1. The summed E-state index contributed by atoms with van der Waals surface area (Å²) in [5.74, 6) is 1.08. The minimum absolute atomic E-state index is 0.121. The van der Waals surface area contributed by atoms with E-state index < -0.39 is 6.10 Å². The van der Waals surface area contributed by atoms with Gasteiger partial charge in [-0.05, 0) is 36.1 Å². The first kappa shape index (κ1) is 12.2. The van der Waals surface area contributed by atoms with E-state index in [-0.39, 0.29) is 5.92 Å². The number of aryl methyl sites for hydroxylation is 1. The zero-order chi connectivity index (χ0) is 13.2. The molecule has 0 aromatic heterocycles. The van der Waals surface area contributed by atoms with Crippen LogP contribution in [-0.2, 0) is 6.42 Å². The largest absolute Gasteiger partial charge is 0.493 e. The molecule has 19 heavy (non-hydrogen) atoms. The Kier molecular flexibility index (Phi) is 3.26. The second-order valence-electron chi connectivity index (χ2n) is 5.18. The summed E-state index contributed by atoms with van der Waals surface area (Å²) in [4.78, 5) is 0. The lowest BCUT2D eigenvalue weighted by molar-refractivity contribution is 0.0640. The van der Waals surface area contributed by atoms with E-state index in [0.29, 0.717) is 6.61 Å². The molecule has 98 valence electrons. The van der Waals surface area contributed by atoms with Crippen LogP contribution in [0.1, 0.15) is 22.8 Å². The van der Waals surface area contributed by atoms with Gasteiger partial charge < -0.3 is 9.84 Å². The van der Waals surface area contributed by atoms with Crippen LogP contribution < -0.4 is 4.74 Å². The number of hydrogen-bond donors (Lipinski definition) is 1. The van der Waals surface area contributed by atoms with Gasteiger partial charge in [-0.1, -0.05) is 42.5 Å². The van der Waals surface area contributed by atoms with E-state index in [9.17, 15) is 5.11 Å². The van der Waals surface area contributed by atoms with Gasteiger partial charge in [0.1, 0.15) is 5.75 Å². The number of fused-ring (bicyclic) bond motifs is 1. The lowest BCUT2D eigenvalue weighted by Gasteiger charge is -2.29.